The van der Waals surface area contributed by atoms with Crippen molar-refractivity contribution in [1.82, 2.24) is 14.9 Å². The number of hydrogen-bond donors (Lipinski definition) is 3. The van der Waals surface area contributed by atoms with Crippen molar-refractivity contribution >= 4 is 21.8 Å². The summed E-state index contributed by atoms with van der Waals surface area (Å²) in [5, 5.41) is 5.71. The van der Waals surface area contributed by atoms with Gasteiger partial charge in [0, 0.05) is 24.5 Å². The van der Waals surface area contributed by atoms with E-state index < -0.39 is 27.4 Å². The molecule has 1 heterocycles. The Hall–Kier alpha value is -2.39. The molecule has 4 N–H and O–H groups in total. The minimum atomic E-state index is -4.05. The van der Waals surface area contributed by atoms with Gasteiger partial charge in [-0.2, -0.15) is 0 Å². The third kappa shape index (κ3) is 4.54. The van der Waals surface area contributed by atoms with Crippen LogP contribution in [0.1, 0.15) is 57.9 Å². The maximum atomic E-state index is 13.6. The van der Waals surface area contributed by atoms with Gasteiger partial charge in [-0.1, -0.05) is 31.5 Å². The van der Waals surface area contributed by atoms with Crippen molar-refractivity contribution in [3.63, 3.8) is 0 Å². The van der Waals surface area contributed by atoms with E-state index in [9.17, 15) is 18.0 Å². The van der Waals surface area contributed by atoms with Crippen LogP contribution in [-0.2, 0) is 19.6 Å². The van der Waals surface area contributed by atoms with Gasteiger partial charge in [0.2, 0.25) is 11.8 Å². The number of nitrogens with one attached hydrogen (secondary N) is 2. The summed E-state index contributed by atoms with van der Waals surface area (Å²) >= 11 is 0. The summed E-state index contributed by atoms with van der Waals surface area (Å²) in [6.45, 7) is 5.51. The Morgan fingerprint density at radius 3 is 2.31 bits per heavy atom. The summed E-state index contributed by atoms with van der Waals surface area (Å²) in [5.74, 6) is -0.796. The van der Waals surface area contributed by atoms with Crippen LogP contribution in [0.15, 0.2) is 41.6 Å². The van der Waals surface area contributed by atoms with Gasteiger partial charge in [-0.3, -0.25) is 13.9 Å². The molecule has 2 aliphatic rings. The van der Waals surface area contributed by atoms with Crippen molar-refractivity contribution in [2.75, 3.05) is 0 Å². The van der Waals surface area contributed by atoms with Crippen LogP contribution < -0.4 is 16.4 Å². The van der Waals surface area contributed by atoms with E-state index in [4.69, 9.17) is 5.73 Å². The molecule has 2 amide bonds. The summed E-state index contributed by atoms with van der Waals surface area (Å²) in [4.78, 5) is 26.8. The number of hydrogen-bond acceptors (Lipinski definition) is 5. The Morgan fingerprint density at radius 1 is 1.16 bits per heavy atom. The average Bonchev–Trinajstić information content (AvgIpc) is 2.77. The Morgan fingerprint density at radius 2 is 1.75 bits per heavy atom. The molecule has 1 fully saturated rings. The lowest BCUT2D eigenvalue weighted by Gasteiger charge is -2.44. The third-order valence-corrected chi connectivity index (χ3v) is 8.65. The van der Waals surface area contributed by atoms with Crippen LogP contribution in [-0.4, -0.2) is 42.7 Å². The molecule has 0 radical (unpaired) electrons. The molecular weight excluding hydrogens is 428 g/mol. The van der Waals surface area contributed by atoms with E-state index in [0.717, 1.165) is 35.6 Å². The first-order valence-electron chi connectivity index (χ1n) is 11.3. The first-order chi connectivity index (χ1) is 15.2. The zero-order valence-corrected chi connectivity index (χ0v) is 19.8. The predicted octanol–water partition coefficient (Wildman–Crippen LogP) is 2.15. The number of aryl methyl sites for hydroxylation is 1. The number of nitrogens with two attached hydrogens (primary N) is 1. The predicted molar refractivity (Wildman–Crippen MR) is 123 cm³/mol. The number of rotatable bonds is 7. The number of amides is 2. The summed E-state index contributed by atoms with van der Waals surface area (Å²) < 4.78 is 28.1. The van der Waals surface area contributed by atoms with Gasteiger partial charge in [-0.25, -0.2) is 8.42 Å². The molecule has 1 aromatic rings. The highest BCUT2D eigenvalue weighted by atomic mass is 32.2. The first kappa shape index (κ1) is 24.3. The number of sulfonamides is 1. The van der Waals surface area contributed by atoms with Gasteiger partial charge in [0.15, 0.2) is 0 Å². The number of carbonyl (C=O) groups is 2. The molecular formula is C23H34N4O4S. The SMILES string of the molecule is CCC(CC)(C(=O)NC1CCC(N)CC1)[C@@H]1C(=O)NC=CN1S(=O)(=O)c1ccc(C)cc1. The summed E-state index contributed by atoms with van der Waals surface area (Å²) in [7, 11) is -4.05. The molecule has 1 saturated carbocycles. The van der Waals surface area contributed by atoms with Gasteiger partial charge in [0.25, 0.3) is 10.0 Å². The van der Waals surface area contributed by atoms with Crippen LogP contribution in [0, 0.1) is 12.3 Å². The lowest BCUT2D eigenvalue weighted by atomic mass is 9.73. The molecule has 9 heteroatoms. The van der Waals surface area contributed by atoms with E-state index in [1.165, 1.54) is 24.5 Å². The fraction of sp³-hybridized carbons (Fsp3) is 0.565. The summed E-state index contributed by atoms with van der Waals surface area (Å²) in [6, 6.07) is 5.39. The average molecular weight is 463 g/mol. The Balaban J connectivity index is 1.98. The Bertz CT molecular complexity index is 962. The molecule has 8 nitrogen and oxygen atoms in total. The summed E-state index contributed by atoms with van der Waals surface area (Å²) in [5.41, 5.74) is 5.70. The van der Waals surface area contributed by atoms with Gasteiger partial charge in [-0.15, -0.1) is 0 Å². The number of benzene rings is 1. The third-order valence-electron chi connectivity index (χ3n) is 6.89. The second-order valence-corrected chi connectivity index (χ2v) is 10.7. The van der Waals surface area contributed by atoms with Gasteiger partial charge in [-0.05, 0) is 57.6 Å². The molecule has 0 saturated heterocycles. The maximum Gasteiger partial charge on any atom is 0.264 e. The van der Waals surface area contributed by atoms with Crippen LogP contribution in [0.25, 0.3) is 0 Å². The van der Waals surface area contributed by atoms with E-state index in [1.54, 1.807) is 12.1 Å². The highest BCUT2D eigenvalue weighted by molar-refractivity contribution is 7.89. The lowest BCUT2D eigenvalue weighted by Crippen LogP contribution is -2.63. The molecule has 0 bridgehead atoms. The summed E-state index contributed by atoms with van der Waals surface area (Å²) in [6.07, 6.45) is 6.49. The van der Waals surface area contributed by atoms with Crippen molar-refractivity contribution in [3.05, 3.63) is 42.2 Å². The molecule has 1 atom stereocenters. The molecule has 0 spiro atoms. The van der Waals surface area contributed by atoms with Crippen molar-refractivity contribution in [1.29, 1.82) is 0 Å². The van der Waals surface area contributed by atoms with Gasteiger partial charge in [0.05, 0.1) is 10.3 Å². The molecule has 1 aliphatic carbocycles. The van der Waals surface area contributed by atoms with Crippen LogP contribution in [0.5, 0.6) is 0 Å². The second-order valence-electron chi connectivity index (χ2n) is 8.82. The lowest BCUT2D eigenvalue weighted by molar-refractivity contribution is -0.143. The molecule has 176 valence electrons. The minimum Gasteiger partial charge on any atom is -0.353 e. The molecule has 1 aromatic carbocycles. The van der Waals surface area contributed by atoms with Crippen LogP contribution in [0.3, 0.4) is 0 Å². The van der Waals surface area contributed by atoms with Gasteiger partial charge >= 0.3 is 0 Å². The topological polar surface area (TPSA) is 122 Å². The van der Waals surface area contributed by atoms with Crippen molar-refractivity contribution in [2.24, 2.45) is 11.1 Å². The Kier molecular flexibility index (Phi) is 7.29. The molecule has 1 aliphatic heterocycles. The number of carbonyl (C=O) groups excluding carboxylic acids is 2. The van der Waals surface area contributed by atoms with E-state index in [-0.39, 0.29) is 22.9 Å². The van der Waals surface area contributed by atoms with E-state index in [1.807, 2.05) is 20.8 Å². The molecule has 0 aromatic heterocycles. The molecule has 32 heavy (non-hydrogen) atoms. The first-order valence-corrected chi connectivity index (χ1v) is 12.7. The fourth-order valence-corrected chi connectivity index (χ4v) is 6.21. The highest BCUT2D eigenvalue weighted by Gasteiger charge is 2.53. The highest BCUT2D eigenvalue weighted by Crippen LogP contribution is 2.39. The normalized spacial score (nSPS) is 24.2. The standard InChI is InChI=1S/C23H34N4O4S/c1-4-23(5-2,22(29)26-18-10-8-17(24)9-11-18)20-21(28)25-14-15-27(20)32(30,31)19-12-6-16(3)7-13-19/h6-7,12-15,17-18,20H,4-5,8-11,24H2,1-3H3,(H,25,28)(H,26,29)/t17?,18?,20-/m0/s1. The Labute approximate surface area is 190 Å². The quantitative estimate of drug-likeness (QED) is 0.573. The largest absolute Gasteiger partial charge is 0.353 e. The van der Waals surface area contributed by atoms with Crippen LogP contribution >= 0.6 is 0 Å². The zero-order valence-electron chi connectivity index (χ0n) is 19.0. The van der Waals surface area contributed by atoms with Gasteiger partial charge in [0.1, 0.15) is 6.04 Å². The maximum absolute atomic E-state index is 13.6. The smallest absolute Gasteiger partial charge is 0.264 e. The van der Waals surface area contributed by atoms with Crippen molar-refractivity contribution in [2.45, 2.75) is 82.3 Å². The van der Waals surface area contributed by atoms with Gasteiger partial charge < -0.3 is 16.4 Å². The minimum absolute atomic E-state index is 0.0240. The molecule has 3 rings (SSSR count). The molecule has 0 unspecified atom stereocenters. The van der Waals surface area contributed by atoms with Crippen molar-refractivity contribution < 1.29 is 18.0 Å². The van der Waals surface area contributed by atoms with E-state index >= 15 is 0 Å². The number of nitrogens with zero attached hydrogens (tertiary/aromatic N) is 1. The van der Waals surface area contributed by atoms with Crippen LogP contribution in [0.4, 0.5) is 0 Å². The van der Waals surface area contributed by atoms with Crippen LogP contribution in [0.2, 0.25) is 0 Å². The second kappa shape index (κ2) is 9.62. The fourth-order valence-electron chi connectivity index (χ4n) is 4.69. The van der Waals surface area contributed by atoms with Crippen molar-refractivity contribution in [3.8, 4) is 0 Å². The van der Waals surface area contributed by atoms with E-state index in [0.29, 0.717) is 12.8 Å². The zero-order chi connectivity index (χ0) is 23.5. The monoisotopic (exact) mass is 462 g/mol. The van der Waals surface area contributed by atoms with E-state index in [2.05, 4.69) is 10.6 Å².